The number of ether oxygens (including phenoxy) is 2. The van der Waals surface area contributed by atoms with E-state index in [1.165, 1.54) is 36.7 Å². The summed E-state index contributed by atoms with van der Waals surface area (Å²) in [6.07, 6.45) is 1.32. The zero-order valence-electron chi connectivity index (χ0n) is 19.1. The molecule has 0 bridgehead atoms. The minimum Gasteiger partial charge on any atom is -0.493 e. The zero-order valence-corrected chi connectivity index (χ0v) is 19.9. The summed E-state index contributed by atoms with van der Waals surface area (Å²) in [6.45, 7) is 1.27. The molecule has 184 valence electrons. The van der Waals surface area contributed by atoms with Crippen LogP contribution in [0.25, 0.3) is 5.82 Å². The van der Waals surface area contributed by atoms with Gasteiger partial charge in [0.15, 0.2) is 17.2 Å². The van der Waals surface area contributed by atoms with Gasteiger partial charge in [0.05, 0.1) is 19.0 Å². The molecule has 3 N–H and O–H groups in total. The van der Waals surface area contributed by atoms with Gasteiger partial charge in [0.25, 0.3) is 5.91 Å². The Kier molecular flexibility index (Phi) is 7.55. The second-order valence-corrected chi connectivity index (χ2v) is 8.09. The molecule has 1 amide bonds. The van der Waals surface area contributed by atoms with Crippen LogP contribution < -0.4 is 20.6 Å². The summed E-state index contributed by atoms with van der Waals surface area (Å²) in [4.78, 5) is 25.4. The number of rotatable bonds is 9. The SMILES string of the molecule is COc1cccc(C=NNC(=O)c2nnn(-c3nonc3N)c2CSc2ccccc2)c1OC(C)=O. The van der Waals surface area contributed by atoms with Crippen molar-refractivity contribution >= 4 is 35.7 Å². The lowest BCUT2D eigenvalue weighted by atomic mass is 10.2. The highest BCUT2D eigenvalue weighted by Gasteiger charge is 2.24. The van der Waals surface area contributed by atoms with Gasteiger partial charge in [-0.05, 0) is 34.6 Å². The number of anilines is 1. The van der Waals surface area contributed by atoms with E-state index in [0.717, 1.165) is 4.90 Å². The highest BCUT2D eigenvalue weighted by atomic mass is 32.2. The van der Waals surface area contributed by atoms with Gasteiger partial charge < -0.3 is 15.2 Å². The molecule has 2 aromatic heterocycles. The van der Waals surface area contributed by atoms with Crippen molar-refractivity contribution in [3.05, 3.63) is 65.5 Å². The topological polar surface area (TPSA) is 173 Å². The summed E-state index contributed by atoms with van der Waals surface area (Å²) < 4.78 is 16.4. The van der Waals surface area contributed by atoms with Gasteiger partial charge in [-0.3, -0.25) is 9.59 Å². The molecule has 0 radical (unpaired) electrons. The van der Waals surface area contributed by atoms with Crippen molar-refractivity contribution in [1.82, 2.24) is 30.7 Å². The molecule has 0 aliphatic carbocycles. The van der Waals surface area contributed by atoms with E-state index in [1.54, 1.807) is 18.2 Å². The molecule has 0 spiro atoms. The molecule has 0 saturated heterocycles. The number of hydrogen-bond donors (Lipinski definition) is 2. The minimum atomic E-state index is -0.631. The lowest BCUT2D eigenvalue weighted by Crippen LogP contribution is -2.20. The van der Waals surface area contributed by atoms with E-state index in [1.807, 2.05) is 30.3 Å². The third kappa shape index (κ3) is 5.50. The molecule has 4 rings (SSSR count). The van der Waals surface area contributed by atoms with Crippen LogP contribution in [0, 0.1) is 0 Å². The highest BCUT2D eigenvalue weighted by molar-refractivity contribution is 7.98. The number of nitrogen functional groups attached to an aromatic ring is 1. The number of hydrazone groups is 1. The number of nitrogens with zero attached hydrogens (tertiary/aromatic N) is 6. The molecule has 0 aliphatic rings. The Hall–Kier alpha value is -4.72. The van der Waals surface area contributed by atoms with Crippen molar-refractivity contribution in [2.45, 2.75) is 17.6 Å². The lowest BCUT2D eigenvalue weighted by molar-refractivity contribution is -0.132. The molecule has 13 nitrogen and oxygen atoms in total. The monoisotopic (exact) mass is 508 g/mol. The molecule has 0 fully saturated rings. The number of benzene rings is 2. The Bertz CT molecular complexity index is 1400. The first-order chi connectivity index (χ1) is 17.5. The van der Waals surface area contributed by atoms with Gasteiger partial charge in [0.1, 0.15) is 0 Å². The number of hydrogen-bond acceptors (Lipinski definition) is 12. The van der Waals surface area contributed by atoms with E-state index in [4.69, 9.17) is 15.2 Å². The van der Waals surface area contributed by atoms with Gasteiger partial charge in [0, 0.05) is 23.1 Å². The number of amides is 1. The second-order valence-electron chi connectivity index (χ2n) is 7.04. The number of thioether (sulfide) groups is 1. The standard InChI is InChI=1S/C22H20N8O5S/c1-13(31)34-19-14(7-6-10-17(19)33-2)11-24-26-22(32)18-16(12-36-15-8-4-3-5-9-15)30(29-25-18)21-20(23)27-35-28-21/h3-11H,12H2,1-2H3,(H2,23,27)(H,26,32). The van der Waals surface area contributed by atoms with E-state index in [9.17, 15) is 9.59 Å². The van der Waals surface area contributed by atoms with Crippen LogP contribution in [0.4, 0.5) is 5.82 Å². The quantitative estimate of drug-likeness (QED) is 0.112. The van der Waals surface area contributed by atoms with E-state index < -0.39 is 11.9 Å². The summed E-state index contributed by atoms with van der Waals surface area (Å²) >= 11 is 1.46. The van der Waals surface area contributed by atoms with Gasteiger partial charge in [0.2, 0.25) is 11.6 Å². The van der Waals surface area contributed by atoms with Crippen LogP contribution in [-0.2, 0) is 10.5 Å². The third-order valence-corrected chi connectivity index (χ3v) is 5.66. The summed E-state index contributed by atoms with van der Waals surface area (Å²) in [7, 11) is 1.44. The molecule has 0 aliphatic heterocycles. The predicted octanol–water partition coefficient (Wildman–Crippen LogP) is 2.22. The number of nitrogens with two attached hydrogens (primary N) is 1. The average molecular weight is 509 g/mol. The van der Waals surface area contributed by atoms with Gasteiger partial charge >= 0.3 is 5.97 Å². The van der Waals surface area contributed by atoms with Gasteiger partial charge in [-0.25, -0.2) is 10.1 Å². The van der Waals surface area contributed by atoms with E-state index in [0.29, 0.717) is 22.8 Å². The molecule has 36 heavy (non-hydrogen) atoms. The van der Waals surface area contributed by atoms with Crippen LogP contribution in [0.2, 0.25) is 0 Å². The first-order valence-corrected chi connectivity index (χ1v) is 11.4. The van der Waals surface area contributed by atoms with Crippen LogP contribution in [0.3, 0.4) is 0 Å². The van der Waals surface area contributed by atoms with Crippen molar-refractivity contribution in [3.63, 3.8) is 0 Å². The van der Waals surface area contributed by atoms with Gasteiger partial charge in [-0.2, -0.15) is 9.78 Å². The molecule has 2 heterocycles. The number of carbonyl (C=O) groups excluding carboxylic acids is 2. The number of esters is 1. The van der Waals surface area contributed by atoms with Crippen LogP contribution in [0.5, 0.6) is 11.5 Å². The smallest absolute Gasteiger partial charge is 0.308 e. The van der Waals surface area contributed by atoms with Crippen molar-refractivity contribution < 1.29 is 23.7 Å². The molecule has 0 unspecified atom stereocenters. The Labute approximate surface area is 208 Å². The fourth-order valence-electron chi connectivity index (χ4n) is 3.05. The molecule has 4 aromatic rings. The largest absolute Gasteiger partial charge is 0.493 e. The van der Waals surface area contributed by atoms with Crippen LogP contribution >= 0.6 is 11.8 Å². The summed E-state index contributed by atoms with van der Waals surface area (Å²) in [5.74, 6) is -0.247. The fraction of sp³-hybridized carbons (Fsp3) is 0.136. The van der Waals surface area contributed by atoms with Gasteiger partial charge in [-0.1, -0.05) is 29.5 Å². The average Bonchev–Trinajstić information content (AvgIpc) is 3.49. The van der Waals surface area contributed by atoms with Crippen molar-refractivity contribution in [3.8, 4) is 17.3 Å². The Morgan fingerprint density at radius 3 is 2.69 bits per heavy atom. The maximum Gasteiger partial charge on any atom is 0.308 e. The zero-order chi connectivity index (χ0) is 25.5. The van der Waals surface area contributed by atoms with Crippen molar-refractivity contribution in [2.24, 2.45) is 5.10 Å². The summed E-state index contributed by atoms with van der Waals surface area (Å²) in [6, 6.07) is 14.6. The number of nitrogens with one attached hydrogen (secondary N) is 1. The normalized spacial score (nSPS) is 10.9. The molecular weight excluding hydrogens is 488 g/mol. The maximum absolute atomic E-state index is 13.0. The highest BCUT2D eigenvalue weighted by Crippen LogP contribution is 2.30. The Morgan fingerprint density at radius 2 is 2.00 bits per heavy atom. The van der Waals surface area contributed by atoms with Gasteiger partial charge in [-0.15, -0.1) is 16.9 Å². The molecular formula is C22H20N8O5S. The maximum atomic E-state index is 13.0. The number of para-hydroxylation sites is 1. The van der Waals surface area contributed by atoms with Crippen LogP contribution in [0.1, 0.15) is 28.7 Å². The Balaban J connectivity index is 1.58. The van der Waals surface area contributed by atoms with Crippen molar-refractivity contribution in [1.29, 1.82) is 0 Å². The fourth-order valence-corrected chi connectivity index (χ4v) is 3.96. The predicted molar refractivity (Wildman–Crippen MR) is 129 cm³/mol. The van der Waals surface area contributed by atoms with Crippen molar-refractivity contribution in [2.75, 3.05) is 12.8 Å². The molecule has 0 atom stereocenters. The lowest BCUT2D eigenvalue weighted by Gasteiger charge is -2.10. The first-order valence-electron chi connectivity index (χ1n) is 10.4. The number of methoxy groups -OCH3 is 1. The van der Waals surface area contributed by atoms with Crippen LogP contribution in [-0.4, -0.2) is 50.5 Å². The summed E-state index contributed by atoms with van der Waals surface area (Å²) in [5.41, 5.74) is 9.05. The first kappa shape index (κ1) is 24.4. The second kappa shape index (κ2) is 11.1. The van der Waals surface area contributed by atoms with E-state index in [2.05, 4.69) is 35.8 Å². The van der Waals surface area contributed by atoms with Crippen LogP contribution in [0.15, 0.2) is 63.2 Å². The molecule has 2 aromatic carbocycles. The molecule has 14 heteroatoms. The minimum absolute atomic E-state index is 0.00355. The Morgan fingerprint density at radius 1 is 1.19 bits per heavy atom. The van der Waals surface area contributed by atoms with E-state index >= 15 is 0 Å². The summed E-state index contributed by atoms with van der Waals surface area (Å²) in [5, 5.41) is 19.3. The third-order valence-electron chi connectivity index (χ3n) is 4.64. The number of carbonyl (C=O) groups is 2. The van der Waals surface area contributed by atoms with E-state index in [-0.39, 0.29) is 23.1 Å². The number of aromatic nitrogens is 5. The molecule has 0 saturated carbocycles.